The molecule has 0 unspecified atom stereocenters. The van der Waals surface area contributed by atoms with Crippen LogP contribution < -0.4 is 5.01 Å². The molecule has 0 N–H and O–H groups in total. The summed E-state index contributed by atoms with van der Waals surface area (Å²) in [7, 11) is 1.20. The number of hydrogen-bond donors (Lipinski definition) is 0. The fourth-order valence-electron chi connectivity index (χ4n) is 5.13. The normalized spacial score (nSPS) is 22.3. The highest BCUT2D eigenvalue weighted by Crippen LogP contribution is 2.50. The van der Waals surface area contributed by atoms with E-state index in [4.69, 9.17) is 21.4 Å². The maximum Gasteiger partial charge on any atom is 0.329 e. The Bertz CT molecular complexity index is 1440. The van der Waals surface area contributed by atoms with Crippen molar-refractivity contribution in [2.45, 2.75) is 18.0 Å². The van der Waals surface area contributed by atoms with Gasteiger partial charge in [-0.2, -0.15) is 10.4 Å². The molecule has 0 bridgehead atoms. The number of halogens is 1. The van der Waals surface area contributed by atoms with Crippen LogP contribution in [0.2, 0.25) is 5.02 Å². The van der Waals surface area contributed by atoms with Crippen molar-refractivity contribution in [3.63, 3.8) is 0 Å². The smallest absolute Gasteiger partial charge is 0.329 e. The lowest BCUT2D eigenvalue weighted by molar-refractivity contribution is -0.148. The van der Waals surface area contributed by atoms with Gasteiger partial charge in [0.2, 0.25) is 0 Å². The quantitative estimate of drug-likeness (QED) is 0.377. The van der Waals surface area contributed by atoms with Crippen LogP contribution in [0.4, 0.5) is 5.69 Å². The number of ether oxygens (including phenoxy) is 1. The highest BCUT2D eigenvalue weighted by atomic mass is 35.5. The molecule has 9 heteroatoms. The van der Waals surface area contributed by atoms with Crippen molar-refractivity contribution in [1.29, 1.82) is 5.26 Å². The molecule has 2 aliphatic rings. The number of carbonyl (C=O) groups excluding carboxylic acids is 3. The molecule has 0 aliphatic carbocycles. The van der Waals surface area contributed by atoms with Crippen molar-refractivity contribution in [1.82, 2.24) is 4.90 Å². The van der Waals surface area contributed by atoms with Crippen LogP contribution in [0.1, 0.15) is 22.3 Å². The van der Waals surface area contributed by atoms with Crippen LogP contribution in [0.3, 0.4) is 0 Å². The second-order valence-electron chi connectivity index (χ2n) is 8.69. The summed E-state index contributed by atoms with van der Waals surface area (Å²) >= 11 is 6.11. The van der Waals surface area contributed by atoms with Crippen molar-refractivity contribution in [2.75, 3.05) is 12.1 Å². The molecule has 0 radical (unpaired) electrons. The van der Waals surface area contributed by atoms with E-state index in [-0.39, 0.29) is 12.0 Å². The van der Waals surface area contributed by atoms with Gasteiger partial charge in [0, 0.05) is 10.6 Å². The third-order valence-electron chi connectivity index (χ3n) is 6.75. The van der Waals surface area contributed by atoms with Gasteiger partial charge < -0.3 is 4.74 Å². The molecule has 184 valence electrons. The number of imide groups is 1. The molecule has 2 amide bonds. The molecule has 3 aromatic carbocycles. The number of carbonyl (C=O) groups is 3. The zero-order valence-corrected chi connectivity index (χ0v) is 20.5. The van der Waals surface area contributed by atoms with Gasteiger partial charge in [0.1, 0.15) is 6.04 Å². The molecule has 1 saturated heterocycles. The van der Waals surface area contributed by atoms with E-state index in [0.29, 0.717) is 22.0 Å². The molecular formula is C28H21ClN4O4. The molecule has 5 rings (SSSR count). The number of esters is 1. The Labute approximate surface area is 218 Å². The first-order valence-electron chi connectivity index (χ1n) is 11.5. The SMILES string of the molecule is COC(=O)[C@H]1[C@@H]2C(c3ccc(Cl)cc3)=NN(c3ccccc3)[C@]2(CC#N)C(=O)N1C(=O)c1ccccc1. The van der Waals surface area contributed by atoms with E-state index in [1.807, 2.05) is 6.07 Å². The van der Waals surface area contributed by atoms with E-state index in [1.165, 1.54) is 12.1 Å². The van der Waals surface area contributed by atoms with Crippen LogP contribution in [0.15, 0.2) is 90.0 Å². The third-order valence-corrected chi connectivity index (χ3v) is 7.00. The van der Waals surface area contributed by atoms with Crippen molar-refractivity contribution in [2.24, 2.45) is 11.0 Å². The Morgan fingerprint density at radius 2 is 1.65 bits per heavy atom. The summed E-state index contributed by atoms with van der Waals surface area (Å²) in [5.74, 6) is -3.11. The molecule has 1 fully saturated rings. The fourth-order valence-corrected chi connectivity index (χ4v) is 5.26. The Balaban J connectivity index is 1.77. The Hall–Kier alpha value is -4.48. The van der Waals surface area contributed by atoms with Gasteiger partial charge in [0.15, 0.2) is 5.54 Å². The number of nitrogens with zero attached hydrogens (tertiary/aromatic N) is 4. The Kier molecular flexibility index (Phi) is 6.24. The first kappa shape index (κ1) is 24.2. The van der Waals surface area contributed by atoms with Gasteiger partial charge in [0.05, 0.1) is 36.9 Å². The summed E-state index contributed by atoms with van der Waals surface area (Å²) in [6, 6.07) is 24.7. The summed E-state index contributed by atoms with van der Waals surface area (Å²) in [5, 5.41) is 16.7. The van der Waals surface area contributed by atoms with Crippen LogP contribution in [-0.2, 0) is 14.3 Å². The lowest BCUT2D eigenvalue weighted by atomic mass is 9.76. The molecule has 3 atom stereocenters. The molecule has 0 aromatic heterocycles. The van der Waals surface area contributed by atoms with Crippen LogP contribution in [0.5, 0.6) is 0 Å². The molecule has 8 nitrogen and oxygen atoms in total. The molecule has 3 aromatic rings. The number of nitriles is 1. The lowest BCUT2D eigenvalue weighted by Gasteiger charge is -2.33. The number of likely N-dealkylation sites (tertiary alicyclic amines) is 1. The first-order valence-corrected chi connectivity index (χ1v) is 11.9. The summed E-state index contributed by atoms with van der Waals surface area (Å²) < 4.78 is 5.11. The van der Waals surface area contributed by atoms with Gasteiger partial charge >= 0.3 is 5.97 Å². The number of hydrogen-bond acceptors (Lipinski definition) is 7. The lowest BCUT2D eigenvalue weighted by Crippen LogP contribution is -2.54. The van der Waals surface area contributed by atoms with Gasteiger partial charge in [-0.3, -0.25) is 14.5 Å². The van der Waals surface area contributed by atoms with E-state index >= 15 is 0 Å². The molecule has 37 heavy (non-hydrogen) atoms. The van der Waals surface area contributed by atoms with Crippen LogP contribution >= 0.6 is 11.6 Å². The number of rotatable bonds is 5. The molecular weight excluding hydrogens is 492 g/mol. The van der Waals surface area contributed by atoms with Gasteiger partial charge in [-0.05, 0) is 42.0 Å². The monoisotopic (exact) mass is 512 g/mol. The Morgan fingerprint density at radius 1 is 1.03 bits per heavy atom. The minimum absolute atomic E-state index is 0.230. The van der Waals surface area contributed by atoms with E-state index in [2.05, 4.69) is 6.07 Å². The second-order valence-corrected chi connectivity index (χ2v) is 9.13. The summed E-state index contributed by atoms with van der Waals surface area (Å²) in [4.78, 5) is 42.4. The number of fused-ring (bicyclic) bond motifs is 1. The molecule has 2 heterocycles. The highest BCUT2D eigenvalue weighted by molar-refractivity contribution is 6.30. The standard InChI is InChI=1S/C28H21ClN4O4/c1-37-26(35)24-22-23(18-12-14-20(29)15-13-18)31-33(21-10-6-3-7-11-21)28(22,16-17-30)27(36)32(24)25(34)19-8-4-2-5-9-19/h2-15,22,24H,16H2,1H3/t22-,24+,28-/m0/s1. The van der Waals surface area contributed by atoms with Gasteiger partial charge in [-0.25, -0.2) is 9.80 Å². The average molecular weight is 513 g/mol. The number of hydrazone groups is 1. The number of amides is 2. The number of benzene rings is 3. The highest BCUT2D eigenvalue weighted by Gasteiger charge is 2.71. The van der Waals surface area contributed by atoms with Crippen molar-refractivity contribution in [3.8, 4) is 6.07 Å². The zero-order valence-electron chi connectivity index (χ0n) is 19.7. The van der Waals surface area contributed by atoms with E-state index in [1.54, 1.807) is 78.9 Å². The van der Waals surface area contributed by atoms with E-state index < -0.39 is 35.3 Å². The van der Waals surface area contributed by atoms with Gasteiger partial charge in [-0.15, -0.1) is 0 Å². The van der Waals surface area contributed by atoms with Crippen molar-refractivity contribution >= 4 is 40.8 Å². The molecule has 2 aliphatic heterocycles. The van der Waals surface area contributed by atoms with E-state index in [0.717, 1.165) is 4.90 Å². The largest absolute Gasteiger partial charge is 0.467 e. The fraction of sp³-hybridized carbons (Fsp3) is 0.179. The van der Waals surface area contributed by atoms with Gasteiger partial charge in [-0.1, -0.05) is 60.1 Å². The van der Waals surface area contributed by atoms with Gasteiger partial charge in [0.25, 0.3) is 11.8 Å². The number of para-hydroxylation sites is 1. The first-order chi connectivity index (χ1) is 17.9. The predicted octanol–water partition coefficient (Wildman–Crippen LogP) is 4.06. The minimum atomic E-state index is -1.66. The molecule has 0 saturated carbocycles. The molecule has 0 spiro atoms. The Morgan fingerprint density at radius 3 is 2.24 bits per heavy atom. The summed E-state index contributed by atoms with van der Waals surface area (Å²) in [5.41, 5.74) is 0.0912. The third kappa shape index (κ3) is 3.76. The van der Waals surface area contributed by atoms with Crippen molar-refractivity contribution in [3.05, 3.63) is 101 Å². The topological polar surface area (TPSA) is 103 Å². The van der Waals surface area contributed by atoms with Crippen molar-refractivity contribution < 1.29 is 19.1 Å². The van der Waals surface area contributed by atoms with Crippen LogP contribution in [0.25, 0.3) is 0 Å². The number of anilines is 1. The summed E-state index contributed by atoms with van der Waals surface area (Å²) in [6.07, 6.45) is -0.321. The van der Waals surface area contributed by atoms with Crippen LogP contribution in [0, 0.1) is 17.2 Å². The zero-order chi connectivity index (χ0) is 26.2. The maximum absolute atomic E-state index is 14.4. The van der Waals surface area contributed by atoms with E-state index in [9.17, 15) is 19.6 Å². The van der Waals surface area contributed by atoms with Crippen LogP contribution in [-0.4, -0.2) is 47.1 Å². The summed E-state index contributed by atoms with van der Waals surface area (Å²) in [6.45, 7) is 0. The minimum Gasteiger partial charge on any atom is -0.467 e. The maximum atomic E-state index is 14.4. The number of methoxy groups -OCH3 is 1. The predicted molar refractivity (Wildman–Crippen MR) is 137 cm³/mol. The second kappa shape index (κ2) is 9.52. The average Bonchev–Trinajstić information content (AvgIpc) is 3.39.